The molecule has 0 aliphatic heterocycles. The predicted octanol–water partition coefficient (Wildman–Crippen LogP) is 0.215. The third-order valence-corrected chi connectivity index (χ3v) is 1.62. The van der Waals surface area contributed by atoms with Crippen molar-refractivity contribution >= 4 is 17.4 Å². The van der Waals surface area contributed by atoms with E-state index in [-0.39, 0.29) is 12.3 Å². The summed E-state index contributed by atoms with van der Waals surface area (Å²) in [6.45, 7) is -0.0424. The number of aromatic nitrogens is 2. The van der Waals surface area contributed by atoms with Crippen LogP contribution in [-0.2, 0) is 7.05 Å². The van der Waals surface area contributed by atoms with Gasteiger partial charge in [0, 0.05) is 7.05 Å². The number of carbonyl (C=O) groups excluding carboxylic acids is 1. The molecule has 0 spiro atoms. The molecule has 5 heteroatoms. The smallest absolute Gasteiger partial charge is 0.195 e. The molecule has 4 nitrogen and oxygen atoms in total. The molecule has 11 heavy (non-hydrogen) atoms. The van der Waals surface area contributed by atoms with E-state index in [1.165, 1.54) is 10.9 Å². The lowest BCUT2D eigenvalue weighted by atomic mass is 10.3. The number of aryl methyl sites for hydroxylation is 1. The molecule has 0 saturated carbocycles. The van der Waals surface area contributed by atoms with Gasteiger partial charge < -0.3 is 5.73 Å². The third kappa shape index (κ3) is 1.41. The second-order valence-corrected chi connectivity index (χ2v) is 2.50. The van der Waals surface area contributed by atoms with Crippen molar-refractivity contribution in [1.29, 1.82) is 0 Å². The highest BCUT2D eigenvalue weighted by Gasteiger charge is 2.12. The molecule has 0 unspecified atom stereocenters. The van der Waals surface area contributed by atoms with Gasteiger partial charge in [0.15, 0.2) is 5.78 Å². The Labute approximate surface area is 68.9 Å². The summed E-state index contributed by atoms with van der Waals surface area (Å²) in [6, 6.07) is 0. The van der Waals surface area contributed by atoms with E-state index < -0.39 is 0 Å². The first-order chi connectivity index (χ1) is 5.16. The van der Waals surface area contributed by atoms with Crippen LogP contribution < -0.4 is 5.73 Å². The minimum atomic E-state index is -0.199. The average Bonchev–Trinajstić information content (AvgIpc) is 2.30. The van der Waals surface area contributed by atoms with Crippen LogP contribution >= 0.6 is 11.6 Å². The molecule has 0 aliphatic carbocycles. The minimum absolute atomic E-state index is 0.0424. The van der Waals surface area contributed by atoms with E-state index >= 15 is 0 Å². The van der Waals surface area contributed by atoms with E-state index in [2.05, 4.69) is 5.10 Å². The fraction of sp³-hybridized carbons (Fsp3) is 0.333. The van der Waals surface area contributed by atoms with E-state index in [1.807, 2.05) is 0 Å². The molecule has 1 rings (SSSR count). The van der Waals surface area contributed by atoms with Gasteiger partial charge in [0.2, 0.25) is 0 Å². The van der Waals surface area contributed by atoms with Crippen LogP contribution in [0.3, 0.4) is 0 Å². The number of nitrogens with zero attached hydrogens (tertiary/aromatic N) is 2. The first kappa shape index (κ1) is 8.23. The summed E-state index contributed by atoms with van der Waals surface area (Å²) >= 11 is 5.66. The summed E-state index contributed by atoms with van der Waals surface area (Å²) < 4.78 is 1.41. The molecule has 0 amide bonds. The van der Waals surface area contributed by atoms with Crippen LogP contribution in [0.25, 0.3) is 0 Å². The molecule has 0 saturated heterocycles. The van der Waals surface area contributed by atoms with Gasteiger partial charge in [0.05, 0.1) is 17.8 Å². The first-order valence-corrected chi connectivity index (χ1v) is 3.45. The van der Waals surface area contributed by atoms with Crippen molar-refractivity contribution in [3.8, 4) is 0 Å². The zero-order chi connectivity index (χ0) is 8.43. The van der Waals surface area contributed by atoms with Crippen LogP contribution in [0.1, 0.15) is 10.5 Å². The molecule has 0 atom stereocenters. The van der Waals surface area contributed by atoms with Crippen molar-refractivity contribution in [2.75, 3.05) is 6.54 Å². The summed E-state index contributed by atoms with van der Waals surface area (Å²) in [5.74, 6) is -0.199. The number of halogens is 1. The Hall–Kier alpha value is -0.870. The van der Waals surface area contributed by atoms with Gasteiger partial charge in [-0.15, -0.1) is 0 Å². The van der Waals surface area contributed by atoms with Crippen molar-refractivity contribution < 1.29 is 4.79 Å². The van der Waals surface area contributed by atoms with Crippen LogP contribution in [0.5, 0.6) is 0 Å². The Balaban J connectivity index is 3.10. The SMILES string of the molecule is Cn1ncc(Cl)c1C(=O)CN. The van der Waals surface area contributed by atoms with Crippen LogP contribution in [0.4, 0.5) is 0 Å². The lowest BCUT2D eigenvalue weighted by Crippen LogP contribution is -2.17. The summed E-state index contributed by atoms with van der Waals surface area (Å²) in [4.78, 5) is 11.0. The molecule has 0 aromatic carbocycles. The van der Waals surface area contributed by atoms with Gasteiger partial charge in [-0.25, -0.2) is 0 Å². The largest absolute Gasteiger partial charge is 0.324 e. The highest BCUT2D eigenvalue weighted by molar-refractivity contribution is 6.33. The summed E-state index contributed by atoms with van der Waals surface area (Å²) in [5, 5.41) is 4.14. The van der Waals surface area contributed by atoms with Crippen LogP contribution in [0.2, 0.25) is 5.02 Å². The summed E-state index contributed by atoms with van der Waals surface area (Å²) in [5.41, 5.74) is 5.52. The number of nitrogens with two attached hydrogens (primary N) is 1. The lowest BCUT2D eigenvalue weighted by Gasteiger charge is -1.97. The fourth-order valence-electron chi connectivity index (χ4n) is 0.821. The molecule has 0 radical (unpaired) electrons. The van der Waals surface area contributed by atoms with Crippen LogP contribution in [-0.4, -0.2) is 22.1 Å². The van der Waals surface area contributed by atoms with Crippen molar-refractivity contribution in [3.63, 3.8) is 0 Å². The van der Waals surface area contributed by atoms with E-state index in [0.29, 0.717) is 10.7 Å². The zero-order valence-corrected chi connectivity index (χ0v) is 6.80. The molecule has 0 aliphatic rings. The van der Waals surface area contributed by atoms with E-state index in [1.54, 1.807) is 7.05 Å². The quantitative estimate of drug-likeness (QED) is 0.651. The molecule has 1 aromatic rings. The predicted molar refractivity (Wildman–Crippen MR) is 41.6 cm³/mol. The van der Waals surface area contributed by atoms with E-state index in [4.69, 9.17) is 17.3 Å². The lowest BCUT2D eigenvalue weighted by molar-refractivity contribution is 0.0992. The second kappa shape index (κ2) is 3.02. The Kier molecular flexibility index (Phi) is 2.26. The summed E-state index contributed by atoms with van der Waals surface area (Å²) in [7, 11) is 1.65. The van der Waals surface area contributed by atoms with Crippen LogP contribution in [0.15, 0.2) is 6.20 Å². The Morgan fingerprint density at radius 2 is 2.55 bits per heavy atom. The molecule has 60 valence electrons. The zero-order valence-electron chi connectivity index (χ0n) is 6.04. The van der Waals surface area contributed by atoms with Crippen molar-refractivity contribution in [1.82, 2.24) is 9.78 Å². The Morgan fingerprint density at radius 1 is 1.91 bits per heavy atom. The maximum absolute atomic E-state index is 11.0. The van der Waals surface area contributed by atoms with Crippen molar-refractivity contribution in [2.45, 2.75) is 0 Å². The van der Waals surface area contributed by atoms with Gasteiger partial charge in [-0.2, -0.15) is 5.10 Å². The summed E-state index contributed by atoms with van der Waals surface area (Å²) in [6.07, 6.45) is 1.42. The van der Waals surface area contributed by atoms with E-state index in [0.717, 1.165) is 0 Å². The highest BCUT2D eigenvalue weighted by Crippen LogP contribution is 2.13. The normalized spacial score (nSPS) is 10.1. The van der Waals surface area contributed by atoms with Crippen molar-refractivity contribution in [2.24, 2.45) is 12.8 Å². The van der Waals surface area contributed by atoms with Gasteiger partial charge in [-0.05, 0) is 0 Å². The number of rotatable bonds is 2. The average molecular weight is 174 g/mol. The third-order valence-electron chi connectivity index (χ3n) is 1.34. The van der Waals surface area contributed by atoms with Gasteiger partial charge in [-0.3, -0.25) is 9.48 Å². The number of hydrogen-bond acceptors (Lipinski definition) is 3. The van der Waals surface area contributed by atoms with Gasteiger partial charge in [0.1, 0.15) is 5.69 Å². The minimum Gasteiger partial charge on any atom is -0.324 e. The van der Waals surface area contributed by atoms with E-state index in [9.17, 15) is 4.79 Å². The molecular formula is C6H8ClN3O. The highest BCUT2D eigenvalue weighted by atomic mass is 35.5. The first-order valence-electron chi connectivity index (χ1n) is 3.07. The van der Waals surface area contributed by atoms with Gasteiger partial charge in [0.25, 0.3) is 0 Å². The molecule has 0 bridgehead atoms. The second-order valence-electron chi connectivity index (χ2n) is 2.09. The molecule has 1 aromatic heterocycles. The molecule has 0 fully saturated rings. The standard InChI is InChI=1S/C6H8ClN3O/c1-10-6(5(11)2-8)4(7)3-9-10/h3H,2,8H2,1H3. The topological polar surface area (TPSA) is 60.9 Å². The monoisotopic (exact) mass is 173 g/mol. The maximum Gasteiger partial charge on any atom is 0.195 e. The number of hydrogen-bond donors (Lipinski definition) is 1. The maximum atomic E-state index is 11.0. The van der Waals surface area contributed by atoms with Gasteiger partial charge in [-0.1, -0.05) is 11.6 Å². The fourth-order valence-corrected chi connectivity index (χ4v) is 1.09. The Bertz CT molecular complexity index is 262. The van der Waals surface area contributed by atoms with Crippen molar-refractivity contribution in [3.05, 3.63) is 16.9 Å². The Morgan fingerprint density at radius 3 is 2.91 bits per heavy atom. The number of ketones is 1. The molecule has 1 heterocycles. The molecular weight excluding hydrogens is 166 g/mol. The molecule has 2 N–H and O–H groups in total. The number of carbonyl (C=O) groups is 1. The number of Topliss-reactive ketones (excluding diaryl/α,β-unsaturated/α-hetero) is 1. The van der Waals surface area contributed by atoms with Gasteiger partial charge >= 0.3 is 0 Å². The van der Waals surface area contributed by atoms with Crippen LogP contribution in [0, 0.1) is 0 Å².